The van der Waals surface area contributed by atoms with Gasteiger partial charge in [0.2, 0.25) is 5.91 Å². The highest BCUT2D eigenvalue weighted by atomic mass is 16.1. The van der Waals surface area contributed by atoms with E-state index >= 15 is 0 Å². The van der Waals surface area contributed by atoms with Crippen LogP contribution < -0.4 is 5.32 Å². The van der Waals surface area contributed by atoms with Gasteiger partial charge in [0, 0.05) is 13.1 Å². The van der Waals surface area contributed by atoms with Gasteiger partial charge in [-0.15, -0.1) is 0 Å². The summed E-state index contributed by atoms with van der Waals surface area (Å²) < 4.78 is 0. The minimum Gasteiger partial charge on any atom is -0.356 e. The van der Waals surface area contributed by atoms with Crippen LogP contribution in [0.2, 0.25) is 0 Å². The number of carbonyl (C=O) groups excluding carboxylic acids is 1. The van der Waals surface area contributed by atoms with E-state index in [1.807, 2.05) is 0 Å². The van der Waals surface area contributed by atoms with E-state index in [0.29, 0.717) is 5.92 Å². The number of hydrogen-bond donors (Lipinski definition) is 1. The molecule has 0 aromatic rings. The highest BCUT2D eigenvalue weighted by molar-refractivity contribution is 5.78. The summed E-state index contributed by atoms with van der Waals surface area (Å²) in [5.74, 6) is 1.14. The first-order valence-electron chi connectivity index (χ1n) is 6.06. The van der Waals surface area contributed by atoms with E-state index in [0.717, 1.165) is 38.9 Å². The lowest BCUT2D eigenvalue weighted by atomic mass is 9.97. The number of piperidine rings is 1. The van der Waals surface area contributed by atoms with Crippen molar-refractivity contribution in [2.24, 2.45) is 11.8 Å². The second-order valence-corrected chi connectivity index (χ2v) is 5.07. The average Bonchev–Trinajstić information content (AvgIpc) is 2.17. The maximum atomic E-state index is 11.8. The van der Waals surface area contributed by atoms with Crippen LogP contribution in [0, 0.1) is 11.8 Å². The number of nitrogens with zero attached hydrogens (tertiary/aromatic N) is 1. The van der Waals surface area contributed by atoms with Gasteiger partial charge in [-0.05, 0) is 38.8 Å². The van der Waals surface area contributed by atoms with Crippen molar-refractivity contribution in [1.82, 2.24) is 10.2 Å². The molecule has 1 aliphatic rings. The molecule has 0 aromatic carbocycles. The van der Waals surface area contributed by atoms with Gasteiger partial charge < -0.3 is 10.2 Å². The zero-order valence-electron chi connectivity index (χ0n) is 10.3. The summed E-state index contributed by atoms with van der Waals surface area (Å²) in [6, 6.07) is 0. The molecule has 3 nitrogen and oxygen atoms in total. The molecule has 1 N–H and O–H groups in total. The van der Waals surface area contributed by atoms with Gasteiger partial charge in [0.25, 0.3) is 0 Å². The van der Waals surface area contributed by atoms with Gasteiger partial charge in [-0.25, -0.2) is 0 Å². The quantitative estimate of drug-likeness (QED) is 0.766. The van der Waals surface area contributed by atoms with Crippen LogP contribution in [0.5, 0.6) is 0 Å². The first-order valence-corrected chi connectivity index (χ1v) is 6.06. The molecule has 1 heterocycles. The van der Waals surface area contributed by atoms with Crippen molar-refractivity contribution in [2.45, 2.75) is 33.1 Å². The second kappa shape index (κ2) is 6.11. The van der Waals surface area contributed by atoms with Gasteiger partial charge >= 0.3 is 0 Å². The highest BCUT2D eigenvalue weighted by Crippen LogP contribution is 2.14. The van der Waals surface area contributed by atoms with Gasteiger partial charge in [0.15, 0.2) is 0 Å². The monoisotopic (exact) mass is 212 g/mol. The second-order valence-electron chi connectivity index (χ2n) is 5.07. The van der Waals surface area contributed by atoms with Crippen molar-refractivity contribution in [3.63, 3.8) is 0 Å². The lowest BCUT2D eigenvalue weighted by Crippen LogP contribution is -2.41. The third-order valence-electron chi connectivity index (χ3n) is 3.02. The third-order valence-corrected chi connectivity index (χ3v) is 3.02. The van der Waals surface area contributed by atoms with Crippen LogP contribution in [0.15, 0.2) is 0 Å². The van der Waals surface area contributed by atoms with E-state index in [4.69, 9.17) is 0 Å². The summed E-state index contributed by atoms with van der Waals surface area (Å²) in [6.45, 7) is 7.25. The molecule has 0 aliphatic carbocycles. The molecule has 0 unspecified atom stereocenters. The Morgan fingerprint density at radius 1 is 1.53 bits per heavy atom. The molecule has 1 atom stereocenters. The van der Waals surface area contributed by atoms with Gasteiger partial charge in [-0.3, -0.25) is 4.79 Å². The summed E-state index contributed by atoms with van der Waals surface area (Å²) in [6.07, 6.45) is 3.28. The molecule has 1 saturated heterocycles. The maximum absolute atomic E-state index is 11.8. The largest absolute Gasteiger partial charge is 0.356 e. The first kappa shape index (κ1) is 12.5. The lowest BCUT2D eigenvalue weighted by Gasteiger charge is -2.28. The standard InChI is InChI=1S/C12H24N2O/c1-10(2)6-7-13-12(15)11-5-4-8-14(3)9-11/h10-11H,4-9H2,1-3H3,(H,13,15)/t11-/m0/s1. The molecule has 1 fully saturated rings. The average molecular weight is 212 g/mol. The van der Waals surface area contributed by atoms with Crippen LogP contribution in [-0.4, -0.2) is 37.5 Å². The topological polar surface area (TPSA) is 32.3 Å². The Bertz CT molecular complexity index is 204. The van der Waals surface area contributed by atoms with E-state index in [1.54, 1.807) is 0 Å². The molecule has 0 aromatic heterocycles. The molecule has 0 spiro atoms. The number of rotatable bonds is 4. The number of hydrogen-bond acceptors (Lipinski definition) is 2. The molecule has 0 saturated carbocycles. The van der Waals surface area contributed by atoms with Crippen molar-refractivity contribution in [1.29, 1.82) is 0 Å². The SMILES string of the molecule is CC(C)CCNC(=O)[C@H]1CCCN(C)C1. The summed E-state index contributed by atoms with van der Waals surface area (Å²) >= 11 is 0. The zero-order chi connectivity index (χ0) is 11.3. The molecule has 1 rings (SSSR count). The van der Waals surface area contributed by atoms with Crippen LogP contribution >= 0.6 is 0 Å². The van der Waals surface area contributed by atoms with Gasteiger partial charge in [-0.1, -0.05) is 13.8 Å². The summed E-state index contributed by atoms with van der Waals surface area (Å²) in [7, 11) is 2.09. The summed E-state index contributed by atoms with van der Waals surface area (Å²) in [5.41, 5.74) is 0. The molecule has 15 heavy (non-hydrogen) atoms. The number of nitrogens with one attached hydrogen (secondary N) is 1. The maximum Gasteiger partial charge on any atom is 0.224 e. The molecular weight excluding hydrogens is 188 g/mol. The predicted molar refractivity (Wildman–Crippen MR) is 62.7 cm³/mol. The highest BCUT2D eigenvalue weighted by Gasteiger charge is 2.23. The Hall–Kier alpha value is -0.570. The smallest absolute Gasteiger partial charge is 0.224 e. The van der Waals surface area contributed by atoms with Gasteiger partial charge in [-0.2, -0.15) is 0 Å². The van der Waals surface area contributed by atoms with Crippen molar-refractivity contribution in [3.05, 3.63) is 0 Å². The zero-order valence-corrected chi connectivity index (χ0v) is 10.3. The first-order chi connectivity index (χ1) is 7.09. The molecule has 0 radical (unpaired) electrons. The Balaban J connectivity index is 2.21. The van der Waals surface area contributed by atoms with Gasteiger partial charge in [0.1, 0.15) is 0 Å². The number of amides is 1. The van der Waals surface area contributed by atoms with Crippen LogP contribution in [0.4, 0.5) is 0 Å². The van der Waals surface area contributed by atoms with Crippen LogP contribution in [0.1, 0.15) is 33.1 Å². The molecule has 1 amide bonds. The Kier molecular flexibility index (Phi) is 5.09. The molecule has 88 valence electrons. The summed E-state index contributed by atoms with van der Waals surface area (Å²) in [5, 5.41) is 3.04. The predicted octanol–water partition coefficient (Wildman–Crippen LogP) is 1.49. The normalized spacial score (nSPS) is 23.1. The number of carbonyl (C=O) groups is 1. The van der Waals surface area contributed by atoms with E-state index in [2.05, 4.69) is 31.1 Å². The molecule has 1 aliphatic heterocycles. The minimum atomic E-state index is 0.218. The minimum absolute atomic E-state index is 0.218. The Morgan fingerprint density at radius 3 is 2.87 bits per heavy atom. The van der Waals surface area contributed by atoms with E-state index < -0.39 is 0 Å². The van der Waals surface area contributed by atoms with Crippen molar-refractivity contribution in [3.8, 4) is 0 Å². The third kappa shape index (κ3) is 4.65. The fourth-order valence-corrected chi connectivity index (χ4v) is 2.01. The van der Waals surface area contributed by atoms with E-state index in [9.17, 15) is 4.79 Å². The van der Waals surface area contributed by atoms with Gasteiger partial charge in [0.05, 0.1) is 5.92 Å². The van der Waals surface area contributed by atoms with Crippen LogP contribution in [-0.2, 0) is 4.79 Å². The Morgan fingerprint density at radius 2 is 2.27 bits per heavy atom. The van der Waals surface area contributed by atoms with E-state index in [-0.39, 0.29) is 11.8 Å². The van der Waals surface area contributed by atoms with Crippen LogP contribution in [0.3, 0.4) is 0 Å². The fraction of sp³-hybridized carbons (Fsp3) is 0.917. The molecule has 3 heteroatoms. The Labute approximate surface area is 93.2 Å². The van der Waals surface area contributed by atoms with Crippen molar-refractivity contribution in [2.75, 3.05) is 26.7 Å². The number of likely N-dealkylation sites (tertiary alicyclic amines) is 1. The summed E-state index contributed by atoms with van der Waals surface area (Å²) in [4.78, 5) is 14.0. The van der Waals surface area contributed by atoms with Crippen molar-refractivity contribution >= 4 is 5.91 Å². The van der Waals surface area contributed by atoms with Crippen LogP contribution in [0.25, 0.3) is 0 Å². The molecular formula is C12H24N2O. The van der Waals surface area contributed by atoms with E-state index in [1.165, 1.54) is 0 Å². The lowest BCUT2D eigenvalue weighted by molar-refractivity contribution is -0.126. The van der Waals surface area contributed by atoms with Crippen molar-refractivity contribution < 1.29 is 4.79 Å². The fourth-order valence-electron chi connectivity index (χ4n) is 2.01. The molecule has 0 bridgehead atoms.